The molecule has 4 aromatic rings. The second-order valence-corrected chi connectivity index (χ2v) is 12.6. The van der Waals surface area contributed by atoms with Crippen molar-refractivity contribution in [2.45, 2.75) is 53.8 Å². The molecule has 204 valence electrons. The summed E-state index contributed by atoms with van der Waals surface area (Å²) < 4.78 is 19.0. The molecule has 0 aliphatic rings. The second kappa shape index (κ2) is 11.2. The number of hydrogen-bond acceptors (Lipinski definition) is 6. The summed E-state index contributed by atoms with van der Waals surface area (Å²) in [5.41, 5.74) is 1.80. The van der Waals surface area contributed by atoms with Crippen LogP contribution in [0.4, 0.5) is 0 Å². The Morgan fingerprint density at radius 3 is 1.74 bits per heavy atom. The van der Waals surface area contributed by atoms with Crippen molar-refractivity contribution in [2.24, 2.45) is 10.8 Å². The smallest absolute Gasteiger partial charge is 0.312 e. The van der Waals surface area contributed by atoms with Crippen LogP contribution < -0.4 is 4.74 Å². The predicted octanol–water partition coefficient (Wildman–Crippen LogP) is 8.27. The highest BCUT2D eigenvalue weighted by Crippen LogP contribution is 2.42. The van der Waals surface area contributed by atoms with Crippen LogP contribution in [0.25, 0.3) is 10.1 Å². The fourth-order valence-electron chi connectivity index (χ4n) is 4.14. The van der Waals surface area contributed by atoms with E-state index in [0.717, 1.165) is 32.3 Å². The van der Waals surface area contributed by atoms with Gasteiger partial charge >= 0.3 is 11.9 Å². The number of hydrogen-bond donors (Lipinski definition) is 0. The van der Waals surface area contributed by atoms with Crippen LogP contribution in [0.3, 0.4) is 0 Å². The number of ether oxygens (including phenoxy) is 3. The topological polar surface area (TPSA) is 61.8 Å². The van der Waals surface area contributed by atoms with E-state index >= 15 is 0 Å². The van der Waals surface area contributed by atoms with E-state index in [0.29, 0.717) is 5.75 Å². The maximum Gasteiger partial charge on any atom is 0.312 e. The van der Waals surface area contributed by atoms with Crippen molar-refractivity contribution >= 4 is 33.4 Å². The lowest BCUT2D eigenvalue weighted by Gasteiger charge is -2.29. The van der Waals surface area contributed by atoms with E-state index in [2.05, 4.69) is 6.07 Å². The minimum atomic E-state index is -0.723. The molecule has 0 aliphatic carbocycles. The van der Waals surface area contributed by atoms with Crippen LogP contribution in [-0.4, -0.2) is 19.0 Å². The van der Waals surface area contributed by atoms with E-state index < -0.39 is 23.0 Å². The largest absolute Gasteiger partial charge is 0.497 e. The third-order valence-electron chi connectivity index (χ3n) is 6.45. The molecular weight excluding hydrogens is 508 g/mol. The Morgan fingerprint density at radius 2 is 1.18 bits per heavy atom. The number of thiophene rings is 1. The number of benzene rings is 3. The van der Waals surface area contributed by atoms with Crippen LogP contribution in [-0.2, 0) is 19.1 Å². The van der Waals surface area contributed by atoms with Gasteiger partial charge < -0.3 is 14.2 Å². The summed E-state index contributed by atoms with van der Waals surface area (Å²) in [5, 5.41) is 3.07. The Labute approximate surface area is 234 Å². The Hall–Kier alpha value is -3.64. The lowest BCUT2D eigenvalue weighted by molar-refractivity contribution is -0.158. The van der Waals surface area contributed by atoms with Gasteiger partial charge in [0.1, 0.15) is 5.75 Å². The first-order valence-electron chi connectivity index (χ1n) is 13.0. The molecule has 0 amide bonds. The lowest BCUT2D eigenvalue weighted by atomic mass is 9.89. The minimum Gasteiger partial charge on any atom is -0.497 e. The van der Waals surface area contributed by atoms with Crippen LogP contribution in [0.5, 0.6) is 5.75 Å². The van der Waals surface area contributed by atoms with Crippen molar-refractivity contribution in [3.63, 3.8) is 0 Å². The van der Waals surface area contributed by atoms with Crippen molar-refractivity contribution in [3.05, 3.63) is 100 Å². The lowest BCUT2D eigenvalue weighted by Crippen LogP contribution is -2.28. The predicted molar refractivity (Wildman–Crippen MR) is 156 cm³/mol. The van der Waals surface area contributed by atoms with Gasteiger partial charge in [0, 0.05) is 21.4 Å². The number of fused-ring (bicyclic) bond motifs is 1. The van der Waals surface area contributed by atoms with Gasteiger partial charge in [-0.2, -0.15) is 0 Å². The van der Waals surface area contributed by atoms with Crippen molar-refractivity contribution < 1.29 is 23.8 Å². The molecule has 0 fully saturated rings. The first kappa shape index (κ1) is 28.4. The van der Waals surface area contributed by atoms with Gasteiger partial charge in [0.25, 0.3) is 0 Å². The molecule has 0 bridgehead atoms. The third kappa shape index (κ3) is 6.34. The SMILES string of the molecule is COc1ccc(C(OC(=O)C(C)(C)C)c2ccccc2C(OC(=O)C(C)(C)C)c2csc3ccccc23)cc1. The van der Waals surface area contributed by atoms with Crippen LogP contribution in [0.1, 0.15) is 76.0 Å². The monoisotopic (exact) mass is 544 g/mol. The molecule has 39 heavy (non-hydrogen) atoms. The molecule has 6 heteroatoms. The standard InChI is InChI=1S/C33H36O5S/c1-32(2,3)30(34)37-28(21-16-18-22(36-7)19-17-21)24-13-8-9-14-25(24)29(38-31(35)33(4,5)6)26-20-39-27-15-11-10-12-23(26)27/h8-20,28-29H,1-7H3. The molecule has 1 heterocycles. The highest BCUT2D eigenvalue weighted by molar-refractivity contribution is 7.17. The summed E-state index contributed by atoms with van der Waals surface area (Å²) >= 11 is 1.61. The number of carbonyl (C=O) groups excluding carboxylic acids is 2. The first-order chi connectivity index (χ1) is 18.4. The van der Waals surface area contributed by atoms with Gasteiger partial charge in [-0.1, -0.05) is 54.6 Å². The van der Waals surface area contributed by atoms with E-state index in [-0.39, 0.29) is 11.9 Å². The molecule has 3 aromatic carbocycles. The Kier molecular flexibility index (Phi) is 8.17. The van der Waals surface area contributed by atoms with Gasteiger partial charge in [0.05, 0.1) is 17.9 Å². The molecule has 4 rings (SSSR count). The zero-order chi connectivity index (χ0) is 28.4. The molecule has 0 N–H and O–H groups in total. The highest BCUT2D eigenvalue weighted by atomic mass is 32.1. The molecule has 0 saturated carbocycles. The van der Waals surface area contributed by atoms with E-state index in [1.807, 2.05) is 114 Å². The molecular formula is C33H36O5S. The van der Waals surface area contributed by atoms with Crippen molar-refractivity contribution in [1.29, 1.82) is 0 Å². The maximum atomic E-state index is 13.3. The Bertz CT molecular complexity index is 1450. The fraction of sp³-hybridized carbons (Fsp3) is 0.333. The van der Waals surface area contributed by atoms with Crippen LogP contribution in [0.2, 0.25) is 0 Å². The van der Waals surface area contributed by atoms with Gasteiger partial charge in [0.15, 0.2) is 12.2 Å². The van der Waals surface area contributed by atoms with Crippen LogP contribution >= 0.6 is 11.3 Å². The van der Waals surface area contributed by atoms with E-state index in [4.69, 9.17) is 14.2 Å². The summed E-state index contributed by atoms with van der Waals surface area (Å²) in [4.78, 5) is 26.5. The quantitative estimate of drug-likeness (QED) is 0.219. The van der Waals surface area contributed by atoms with Gasteiger partial charge in [-0.15, -0.1) is 11.3 Å². The molecule has 0 spiro atoms. The maximum absolute atomic E-state index is 13.3. The van der Waals surface area contributed by atoms with Crippen molar-refractivity contribution in [1.82, 2.24) is 0 Å². The zero-order valence-corrected chi connectivity index (χ0v) is 24.4. The van der Waals surface area contributed by atoms with Crippen LogP contribution in [0.15, 0.2) is 78.2 Å². The Morgan fingerprint density at radius 1 is 0.667 bits per heavy atom. The minimum absolute atomic E-state index is 0.315. The number of rotatable bonds is 7. The zero-order valence-electron chi connectivity index (χ0n) is 23.6. The Balaban J connectivity index is 1.91. The number of methoxy groups -OCH3 is 1. The summed E-state index contributed by atoms with van der Waals surface area (Å²) in [7, 11) is 1.61. The summed E-state index contributed by atoms with van der Waals surface area (Å²) in [5.74, 6) is 0.0577. The first-order valence-corrected chi connectivity index (χ1v) is 13.9. The van der Waals surface area contributed by atoms with E-state index in [1.165, 1.54) is 0 Å². The van der Waals surface area contributed by atoms with Crippen molar-refractivity contribution in [2.75, 3.05) is 7.11 Å². The molecule has 0 saturated heterocycles. The summed E-state index contributed by atoms with van der Waals surface area (Å²) in [6.45, 7) is 11.0. The molecule has 5 nitrogen and oxygen atoms in total. The summed E-state index contributed by atoms with van der Waals surface area (Å²) in [6, 6.07) is 23.3. The molecule has 0 radical (unpaired) electrons. The third-order valence-corrected chi connectivity index (χ3v) is 7.43. The molecule has 2 atom stereocenters. The van der Waals surface area contributed by atoms with Crippen molar-refractivity contribution in [3.8, 4) is 5.75 Å². The number of esters is 2. The average Bonchev–Trinajstić information content (AvgIpc) is 3.33. The van der Waals surface area contributed by atoms with Gasteiger partial charge in [-0.3, -0.25) is 9.59 Å². The van der Waals surface area contributed by atoms with Gasteiger partial charge in [0.2, 0.25) is 0 Å². The van der Waals surface area contributed by atoms with Gasteiger partial charge in [-0.05, 0) is 76.1 Å². The molecule has 0 aliphatic heterocycles. The normalized spacial score (nSPS) is 13.5. The molecule has 1 aromatic heterocycles. The second-order valence-electron chi connectivity index (χ2n) is 11.7. The molecule has 2 unspecified atom stereocenters. The highest BCUT2D eigenvalue weighted by Gasteiger charge is 2.34. The number of carbonyl (C=O) groups is 2. The average molecular weight is 545 g/mol. The van der Waals surface area contributed by atoms with Crippen LogP contribution in [0, 0.1) is 10.8 Å². The fourth-order valence-corrected chi connectivity index (χ4v) is 5.12. The summed E-state index contributed by atoms with van der Waals surface area (Å²) in [6.07, 6.45) is -1.42. The van der Waals surface area contributed by atoms with E-state index in [1.54, 1.807) is 18.4 Å². The van der Waals surface area contributed by atoms with E-state index in [9.17, 15) is 9.59 Å². The van der Waals surface area contributed by atoms with Gasteiger partial charge in [-0.25, -0.2) is 0 Å².